The maximum atomic E-state index is 11.0. The van der Waals surface area contributed by atoms with E-state index in [9.17, 15) is 15.3 Å². The Bertz CT molecular complexity index is 1410. The molecule has 0 aliphatic heterocycles. The first-order valence-electron chi connectivity index (χ1n) is 12.5. The third kappa shape index (κ3) is 9.28. The summed E-state index contributed by atoms with van der Waals surface area (Å²) in [5.41, 5.74) is 4.54. The van der Waals surface area contributed by atoms with E-state index < -0.39 is 0 Å². The van der Waals surface area contributed by atoms with Gasteiger partial charge in [-0.1, -0.05) is 0 Å². The van der Waals surface area contributed by atoms with Gasteiger partial charge < -0.3 is 5.11 Å². The number of hydrogen-bond donors (Lipinski definition) is 1. The number of aliphatic imine (C=N–C) groups is 3. The van der Waals surface area contributed by atoms with Crippen LogP contribution in [0, 0.1) is 37.0 Å². The van der Waals surface area contributed by atoms with Crippen LogP contribution >= 0.6 is 0 Å². The fraction of sp³-hybridized carbons (Fsp3) is 0.321. The van der Waals surface area contributed by atoms with Crippen molar-refractivity contribution in [3.8, 4) is 11.8 Å². The molecule has 0 bridgehead atoms. The first-order valence-corrected chi connectivity index (χ1v) is 12.5. The van der Waals surface area contributed by atoms with Crippen LogP contribution in [0.5, 0.6) is 5.75 Å². The largest absolute Gasteiger partial charge is 0.506 e. The fourth-order valence-corrected chi connectivity index (χ4v) is 3.56. The summed E-state index contributed by atoms with van der Waals surface area (Å²) in [5.74, 6) is 0.0836. The third-order valence-corrected chi connectivity index (χ3v) is 5.64. The molecule has 0 amide bonds. The number of hydrogen-bond acceptors (Lipinski definition) is 11. The van der Waals surface area contributed by atoms with E-state index in [-0.39, 0.29) is 11.4 Å². The van der Waals surface area contributed by atoms with Gasteiger partial charge in [-0.2, -0.15) is 5.26 Å². The number of nitroso groups, excluding NO2 is 1. The Morgan fingerprint density at radius 1 is 0.769 bits per heavy atom. The Balaban J connectivity index is 1.62. The van der Waals surface area contributed by atoms with Gasteiger partial charge >= 0.3 is 0 Å². The lowest BCUT2D eigenvalue weighted by atomic mass is 10.2. The molecule has 0 saturated heterocycles. The van der Waals surface area contributed by atoms with Gasteiger partial charge in [-0.05, 0) is 62.3 Å². The van der Waals surface area contributed by atoms with E-state index >= 15 is 0 Å². The Morgan fingerprint density at radius 3 is 1.85 bits per heavy atom. The van der Waals surface area contributed by atoms with Crippen molar-refractivity contribution in [1.82, 2.24) is 19.9 Å². The van der Waals surface area contributed by atoms with Crippen LogP contribution in [0.15, 0.2) is 56.6 Å². The highest BCUT2D eigenvalue weighted by molar-refractivity contribution is 5.84. The number of aromatic hydroxyl groups is 1. The zero-order valence-electron chi connectivity index (χ0n) is 22.3. The smallest absolute Gasteiger partial charge is 0.142 e. The Labute approximate surface area is 227 Å². The molecule has 0 aromatic carbocycles. The number of aromatic nitrogens is 3. The molecule has 0 aliphatic rings. The second kappa shape index (κ2) is 14.9. The molecular weight excluding hydrogens is 494 g/mol. The summed E-state index contributed by atoms with van der Waals surface area (Å²) in [7, 11) is 0. The summed E-state index contributed by atoms with van der Waals surface area (Å²) in [4.78, 5) is 39.6. The molecule has 1 N–H and O–H groups in total. The van der Waals surface area contributed by atoms with Crippen molar-refractivity contribution >= 4 is 24.3 Å². The number of rotatable bonds is 13. The SMILES string of the molecule is Cc1ccc(O)c(/C=N/CCN(CC/N=C/c2nc(C)ccc2C#N)CC/N=C/c2nc(C)ccc2N=O)n1. The summed E-state index contributed by atoms with van der Waals surface area (Å²) >= 11 is 0. The average Bonchev–Trinajstić information content (AvgIpc) is 2.92. The standard InChI is InChI=1S/C28H31N9O2/c1-20-4-7-23(16-29)25(33-20)17-30-10-13-37(15-12-32-19-27-28(38)9-6-22(3)35-27)14-11-31-18-26-24(36-39)8-5-21(2)34-26/h4-9,17-19,38H,10-15H2,1-3H3/b30-17+,31-18+,32-19+. The molecule has 0 fully saturated rings. The van der Waals surface area contributed by atoms with Crippen molar-refractivity contribution in [2.75, 3.05) is 39.3 Å². The average molecular weight is 526 g/mol. The first kappa shape index (κ1) is 28.9. The number of aryl methyl sites for hydroxylation is 3. The van der Waals surface area contributed by atoms with Gasteiger partial charge in [0, 0.05) is 49.1 Å². The van der Waals surface area contributed by atoms with Gasteiger partial charge in [-0.15, -0.1) is 4.91 Å². The van der Waals surface area contributed by atoms with Crippen LogP contribution < -0.4 is 0 Å². The van der Waals surface area contributed by atoms with E-state index in [1.807, 2.05) is 20.8 Å². The molecular formula is C28H31N9O2. The number of nitriles is 1. The van der Waals surface area contributed by atoms with Gasteiger partial charge in [-0.25, -0.2) is 9.97 Å². The van der Waals surface area contributed by atoms with Crippen molar-refractivity contribution in [1.29, 1.82) is 5.26 Å². The zero-order valence-corrected chi connectivity index (χ0v) is 22.3. The summed E-state index contributed by atoms with van der Waals surface area (Å²) in [6, 6.07) is 12.4. The number of pyridine rings is 3. The second-order valence-corrected chi connectivity index (χ2v) is 8.75. The Hall–Kier alpha value is -4.69. The minimum absolute atomic E-state index is 0.0836. The van der Waals surface area contributed by atoms with E-state index in [0.29, 0.717) is 61.9 Å². The predicted octanol–water partition coefficient (Wildman–Crippen LogP) is 3.73. The first-order chi connectivity index (χ1) is 18.9. The number of nitrogens with zero attached hydrogens (tertiary/aromatic N) is 9. The molecule has 11 heteroatoms. The monoisotopic (exact) mass is 525 g/mol. The molecule has 0 unspecified atom stereocenters. The van der Waals surface area contributed by atoms with Gasteiger partial charge in [0.15, 0.2) is 0 Å². The molecule has 3 heterocycles. The van der Waals surface area contributed by atoms with Gasteiger partial charge in [0.25, 0.3) is 0 Å². The van der Waals surface area contributed by atoms with Gasteiger partial charge in [0.1, 0.15) is 28.9 Å². The van der Waals surface area contributed by atoms with Crippen LogP contribution in [0.1, 0.15) is 39.7 Å². The topological polar surface area (TPSA) is 152 Å². The van der Waals surface area contributed by atoms with Crippen molar-refractivity contribution < 1.29 is 5.11 Å². The molecule has 3 aromatic rings. The maximum absolute atomic E-state index is 11.0. The molecule has 0 atom stereocenters. The lowest BCUT2D eigenvalue weighted by Crippen LogP contribution is -2.31. The van der Waals surface area contributed by atoms with Crippen molar-refractivity contribution in [2.24, 2.45) is 20.2 Å². The quantitative estimate of drug-likeness (QED) is 0.263. The van der Waals surface area contributed by atoms with E-state index in [2.05, 4.69) is 46.1 Å². The van der Waals surface area contributed by atoms with Crippen molar-refractivity contribution in [3.63, 3.8) is 0 Å². The molecule has 3 aromatic heterocycles. The van der Waals surface area contributed by atoms with E-state index in [1.165, 1.54) is 0 Å². The summed E-state index contributed by atoms with van der Waals surface area (Å²) in [6.07, 6.45) is 4.77. The summed E-state index contributed by atoms with van der Waals surface area (Å²) in [5, 5.41) is 22.3. The summed E-state index contributed by atoms with van der Waals surface area (Å²) < 4.78 is 0. The van der Waals surface area contributed by atoms with Crippen LogP contribution in [0.4, 0.5) is 5.69 Å². The fourth-order valence-electron chi connectivity index (χ4n) is 3.56. The van der Waals surface area contributed by atoms with Crippen LogP contribution in [-0.2, 0) is 0 Å². The van der Waals surface area contributed by atoms with E-state index in [4.69, 9.17) is 0 Å². The molecule has 3 rings (SSSR count). The summed E-state index contributed by atoms with van der Waals surface area (Å²) in [6.45, 7) is 8.89. The molecule has 200 valence electrons. The van der Waals surface area contributed by atoms with Crippen LogP contribution in [0.3, 0.4) is 0 Å². The van der Waals surface area contributed by atoms with Crippen LogP contribution in [0.25, 0.3) is 0 Å². The van der Waals surface area contributed by atoms with E-state index in [1.54, 1.807) is 55.0 Å². The minimum Gasteiger partial charge on any atom is -0.506 e. The van der Waals surface area contributed by atoms with Gasteiger partial charge in [0.2, 0.25) is 0 Å². The zero-order chi connectivity index (χ0) is 28.0. The molecule has 0 spiro atoms. The second-order valence-electron chi connectivity index (χ2n) is 8.75. The van der Waals surface area contributed by atoms with Crippen LogP contribution in [0.2, 0.25) is 0 Å². The highest BCUT2D eigenvalue weighted by atomic mass is 16.3. The molecule has 39 heavy (non-hydrogen) atoms. The molecule has 0 saturated carbocycles. The van der Waals surface area contributed by atoms with Crippen molar-refractivity contribution in [3.05, 3.63) is 81.0 Å². The van der Waals surface area contributed by atoms with Crippen LogP contribution in [-0.4, -0.2) is 82.9 Å². The molecule has 11 nitrogen and oxygen atoms in total. The lowest BCUT2D eigenvalue weighted by Gasteiger charge is -2.19. The highest BCUT2D eigenvalue weighted by Gasteiger charge is 2.06. The van der Waals surface area contributed by atoms with Gasteiger partial charge in [0.05, 0.1) is 37.1 Å². The Morgan fingerprint density at radius 2 is 1.26 bits per heavy atom. The maximum Gasteiger partial charge on any atom is 0.142 e. The third-order valence-electron chi connectivity index (χ3n) is 5.64. The predicted molar refractivity (Wildman–Crippen MR) is 153 cm³/mol. The normalized spacial score (nSPS) is 11.7. The Kier molecular flexibility index (Phi) is 11.0. The van der Waals surface area contributed by atoms with Crippen molar-refractivity contribution in [2.45, 2.75) is 20.8 Å². The molecule has 0 radical (unpaired) electrons. The lowest BCUT2D eigenvalue weighted by molar-refractivity contribution is 0.298. The van der Waals surface area contributed by atoms with E-state index in [0.717, 1.165) is 17.1 Å². The highest BCUT2D eigenvalue weighted by Crippen LogP contribution is 2.15. The van der Waals surface area contributed by atoms with Gasteiger partial charge in [-0.3, -0.25) is 24.9 Å². The molecule has 0 aliphatic carbocycles. The minimum atomic E-state index is 0.0836.